The Morgan fingerprint density at radius 3 is 2.42 bits per heavy atom. The first-order valence-corrected chi connectivity index (χ1v) is 6.10. The number of benzene rings is 1. The lowest BCUT2D eigenvalue weighted by Gasteiger charge is -1.97. The molecular formula is C9H14S3. The standard InChI is InChI=1S/C9H12S2.H2S/c1-2-8-10-11-9-6-4-3-5-7-9;/h3-7H,2,8H2,1H3;1H2. The average molecular weight is 218 g/mol. The van der Waals surface area contributed by atoms with Crippen LogP contribution in [0.3, 0.4) is 0 Å². The molecule has 1 rings (SSSR count). The van der Waals surface area contributed by atoms with Crippen molar-refractivity contribution in [3.63, 3.8) is 0 Å². The summed E-state index contributed by atoms with van der Waals surface area (Å²) in [5.74, 6) is 1.24. The second-order valence-corrected chi connectivity index (χ2v) is 4.71. The molecule has 0 fully saturated rings. The molecule has 0 heterocycles. The van der Waals surface area contributed by atoms with E-state index in [4.69, 9.17) is 0 Å². The molecule has 0 aliphatic heterocycles. The van der Waals surface area contributed by atoms with E-state index < -0.39 is 0 Å². The summed E-state index contributed by atoms with van der Waals surface area (Å²) < 4.78 is 0. The van der Waals surface area contributed by atoms with Crippen molar-refractivity contribution in [2.45, 2.75) is 18.2 Å². The monoisotopic (exact) mass is 218 g/mol. The van der Waals surface area contributed by atoms with Crippen molar-refractivity contribution >= 4 is 35.1 Å². The summed E-state index contributed by atoms with van der Waals surface area (Å²) in [7, 11) is 3.78. The van der Waals surface area contributed by atoms with Crippen LogP contribution in [-0.4, -0.2) is 5.75 Å². The zero-order valence-corrected chi connectivity index (χ0v) is 9.75. The highest BCUT2D eigenvalue weighted by Gasteiger charge is 1.90. The Hall–Kier alpha value is 0.270. The average Bonchev–Trinajstić information content (AvgIpc) is 2.07. The Labute approximate surface area is 89.4 Å². The van der Waals surface area contributed by atoms with Crippen LogP contribution in [0.5, 0.6) is 0 Å². The molecule has 0 aliphatic rings. The Morgan fingerprint density at radius 1 is 1.17 bits per heavy atom. The van der Waals surface area contributed by atoms with Crippen LogP contribution in [0.15, 0.2) is 35.2 Å². The highest BCUT2D eigenvalue weighted by Crippen LogP contribution is 2.30. The molecule has 68 valence electrons. The molecule has 1 aromatic carbocycles. The van der Waals surface area contributed by atoms with Crippen LogP contribution in [0.25, 0.3) is 0 Å². The molecule has 0 unspecified atom stereocenters. The minimum atomic E-state index is 0. The van der Waals surface area contributed by atoms with E-state index in [-0.39, 0.29) is 13.5 Å². The fourth-order valence-corrected chi connectivity index (χ4v) is 2.82. The molecule has 0 saturated heterocycles. The summed E-state index contributed by atoms with van der Waals surface area (Å²) in [6, 6.07) is 10.5. The summed E-state index contributed by atoms with van der Waals surface area (Å²) >= 11 is 0. The Bertz CT molecular complexity index is 186. The van der Waals surface area contributed by atoms with Crippen LogP contribution in [0.2, 0.25) is 0 Å². The van der Waals surface area contributed by atoms with Gasteiger partial charge in [0.25, 0.3) is 0 Å². The first-order chi connectivity index (χ1) is 5.43. The summed E-state index contributed by atoms with van der Waals surface area (Å²) in [5.41, 5.74) is 0. The van der Waals surface area contributed by atoms with Gasteiger partial charge in [-0.3, -0.25) is 0 Å². The normalized spacial score (nSPS) is 9.08. The summed E-state index contributed by atoms with van der Waals surface area (Å²) in [6.07, 6.45) is 1.25. The summed E-state index contributed by atoms with van der Waals surface area (Å²) in [4.78, 5) is 1.35. The van der Waals surface area contributed by atoms with E-state index in [0.717, 1.165) is 0 Å². The van der Waals surface area contributed by atoms with Gasteiger partial charge in [-0.15, -0.1) is 0 Å². The molecule has 0 radical (unpaired) electrons. The van der Waals surface area contributed by atoms with Crippen LogP contribution >= 0.6 is 35.1 Å². The van der Waals surface area contributed by atoms with Gasteiger partial charge < -0.3 is 0 Å². The molecule has 0 aromatic heterocycles. The Kier molecular flexibility index (Phi) is 8.07. The van der Waals surface area contributed by atoms with Gasteiger partial charge in [0.1, 0.15) is 0 Å². The van der Waals surface area contributed by atoms with E-state index in [1.54, 1.807) is 0 Å². The lowest BCUT2D eigenvalue weighted by atomic mass is 10.4. The molecule has 0 aliphatic carbocycles. The van der Waals surface area contributed by atoms with Gasteiger partial charge in [0.05, 0.1) is 0 Å². The maximum absolute atomic E-state index is 2.21. The summed E-state index contributed by atoms with van der Waals surface area (Å²) in [5, 5.41) is 0. The molecule has 0 nitrogen and oxygen atoms in total. The van der Waals surface area contributed by atoms with Crippen molar-refractivity contribution in [2.75, 3.05) is 5.75 Å². The van der Waals surface area contributed by atoms with Crippen molar-refractivity contribution in [3.05, 3.63) is 30.3 Å². The van der Waals surface area contributed by atoms with Crippen molar-refractivity contribution in [1.29, 1.82) is 0 Å². The van der Waals surface area contributed by atoms with Crippen molar-refractivity contribution in [1.82, 2.24) is 0 Å². The molecule has 0 atom stereocenters. The molecule has 3 heteroatoms. The van der Waals surface area contributed by atoms with E-state index >= 15 is 0 Å². The lowest BCUT2D eigenvalue weighted by Crippen LogP contribution is -1.68. The van der Waals surface area contributed by atoms with Crippen molar-refractivity contribution in [3.8, 4) is 0 Å². The predicted molar refractivity (Wildman–Crippen MR) is 65.4 cm³/mol. The number of hydrogen-bond acceptors (Lipinski definition) is 2. The third-order valence-corrected chi connectivity index (χ3v) is 3.77. The first kappa shape index (κ1) is 12.3. The third kappa shape index (κ3) is 5.01. The van der Waals surface area contributed by atoms with Gasteiger partial charge >= 0.3 is 0 Å². The first-order valence-electron chi connectivity index (χ1n) is 3.78. The maximum atomic E-state index is 2.21. The van der Waals surface area contributed by atoms with Gasteiger partial charge in [0.15, 0.2) is 0 Å². The van der Waals surface area contributed by atoms with E-state index in [9.17, 15) is 0 Å². The van der Waals surface area contributed by atoms with Crippen LogP contribution < -0.4 is 0 Å². The van der Waals surface area contributed by atoms with E-state index in [1.807, 2.05) is 21.6 Å². The highest BCUT2D eigenvalue weighted by atomic mass is 33.1. The van der Waals surface area contributed by atoms with E-state index in [0.29, 0.717) is 0 Å². The van der Waals surface area contributed by atoms with Gasteiger partial charge in [-0.25, -0.2) is 0 Å². The fourth-order valence-electron chi connectivity index (χ4n) is 0.669. The smallest absolute Gasteiger partial charge is 0.0182 e. The third-order valence-electron chi connectivity index (χ3n) is 1.19. The van der Waals surface area contributed by atoms with Gasteiger partial charge in [0, 0.05) is 10.6 Å². The molecule has 0 spiro atoms. The number of rotatable bonds is 4. The Balaban J connectivity index is 0.00000121. The second kappa shape index (κ2) is 7.90. The van der Waals surface area contributed by atoms with Crippen LogP contribution in [0, 0.1) is 0 Å². The SMILES string of the molecule is CCCSSc1ccccc1.S. The molecule has 0 amide bonds. The minimum Gasteiger partial charge on any atom is -0.197 e. The van der Waals surface area contributed by atoms with Crippen LogP contribution in [0.1, 0.15) is 13.3 Å². The van der Waals surface area contributed by atoms with Crippen molar-refractivity contribution < 1.29 is 0 Å². The zero-order valence-electron chi connectivity index (χ0n) is 7.12. The molecule has 12 heavy (non-hydrogen) atoms. The van der Waals surface area contributed by atoms with Gasteiger partial charge in [-0.05, 0) is 18.6 Å². The van der Waals surface area contributed by atoms with Crippen LogP contribution in [0.4, 0.5) is 0 Å². The molecule has 0 N–H and O–H groups in total. The van der Waals surface area contributed by atoms with Gasteiger partial charge in [0.2, 0.25) is 0 Å². The lowest BCUT2D eigenvalue weighted by molar-refractivity contribution is 1.11. The maximum Gasteiger partial charge on any atom is 0.0182 e. The van der Waals surface area contributed by atoms with Gasteiger partial charge in [-0.2, -0.15) is 13.5 Å². The van der Waals surface area contributed by atoms with E-state index in [2.05, 4.69) is 37.3 Å². The summed E-state index contributed by atoms with van der Waals surface area (Å²) in [6.45, 7) is 2.21. The van der Waals surface area contributed by atoms with Crippen LogP contribution in [-0.2, 0) is 0 Å². The second-order valence-electron chi connectivity index (χ2n) is 2.22. The molecule has 0 bridgehead atoms. The predicted octanol–water partition coefficient (Wildman–Crippen LogP) is 3.95. The zero-order chi connectivity index (χ0) is 7.94. The molecule has 0 saturated carbocycles. The van der Waals surface area contributed by atoms with Crippen molar-refractivity contribution in [2.24, 2.45) is 0 Å². The molecular weight excluding hydrogens is 204 g/mol. The quantitative estimate of drug-likeness (QED) is 0.554. The van der Waals surface area contributed by atoms with Gasteiger partial charge in [-0.1, -0.05) is 46.7 Å². The van der Waals surface area contributed by atoms with E-state index in [1.165, 1.54) is 17.1 Å². The number of hydrogen-bond donors (Lipinski definition) is 0. The topological polar surface area (TPSA) is 0 Å². The highest BCUT2D eigenvalue weighted by molar-refractivity contribution is 8.76. The minimum absolute atomic E-state index is 0. The largest absolute Gasteiger partial charge is 0.197 e. The molecule has 1 aromatic rings. The fraction of sp³-hybridized carbons (Fsp3) is 0.333. The Morgan fingerprint density at radius 2 is 1.83 bits per heavy atom.